The van der Waals surface area contributed by atoms with Gasteiger partial charge in [0.25, 0.3) is 0 Å². The predicted molar refractivity (Wildman–Crippen MR) is 85.5 cm³/mol. The van der Waals surface area contributed by atoms with Gasteiger partial charge in [-0.15, -0.1) is 0 Å². The number of hydrogen-bond donors (Lipinski definition) is 2. The van der Waals surface area contributed by atoms with Crippen LogP contribution in [0.2, 0.25) is 0 Å². The number of nitrogens with one attached hydrogen (secondary N) is 2. The normalized spacial score (nSPS) is 19.7. The summed E-state index contributed by atoms with van der Waals surface area (Å²) in [5, 5.41) is 9.87. The summed E-state index contributed by atoms with van der Waals surface area (Å²) in [6, 6.07) is 0. The van der Waals surface area contributed by atoms with Gasteiger partial charge in [0, 0.05) is 38.2 Å². The number of carbonyl (C=O) groups is 1. The van der Waals surface area contributed by atoms with Gasteiger partial charge in [-0.25, -0.2) is 8.42 Å². The van der Waals surface area contributed by atoms with Crippen molar-refractivity contribution in [3.63, 3.8) is 0 Å². The third-order valence-corrected chi connectivity index (χ3v) is 5.31. The highest BCUT2D eigenvalue weighted by molar-refractivity contribution is 7.88. The molecule has 23 heavy (non-hydrogen) atoms. The average molecular weight is 344 g/mol. The molecule has 1 aromatic rings. The van der Waals surface area contributed by atoms with Crippen molar-refractivity contribution in [3.05, 3.63) is 17.0 Å². The first kappa shape index (κ1) is 17.9. The van der Waals surface area contributed by atoms with Gasteiger partial charge in [0.05, 0.1) is 24.7 Å². The number of aryl methyl sites for hydroxylation is 2. The molecule has 0 radical (unpaired) electrons. The lowest BCUT2D eigenvalue weighted by molar-refractivity contribution is -0.122. The summed E-state index contributed by atoms with van der Waals surface area (Å²) < 4.78 is 30.0. The molecule has 0 aromatic carbocycles. The topological polar surface area (TPSA) is 104 Å². The van der Waals surface area contributed by atoms with E-state index in [2.05, 4.69) is 15.5 Å². The Bertz CT molecular complexity index is 656. The molecular weight excluding hydrogens is 320 g/mol. The van der Waals surface area contributed by atoms with Crippen LogP contribution in [0.1, 0.15) is 23.4 Å². The van der Waals surface area contributed by atoms with E-state index in [1.54, 1.807) is 0 Å². The maximum Gasteiger partial charge on any atom is 0.220 e. The Hall–Kier alpha value is -1.45. The van der Waals surface area contributed by atoms with Crippen LogP contribution in [0.5, 0.6) is 0 Å². The van der Waals surface area contributed by atoms with Crippen LogP contribution >= 0.6 is 0 Å². The zero-order valence-electron chi connectivity index (χ0n) is 13.8. The molecule has 1 aromatic heterocycles. The van der Waals surface area contributed by atoms with Crippen LogP contribution < -0.4 is 5.32 Å². The largest absolute Gasteiger partial charge is 0.374 e. The van der Waals surface area contributed by atoms with Gasteiger partial charge in [-0.3, -0.25) is 9.89 Å². The van der Waals surface area contributed by atoms with Crippen molar-refractivity contribution < 1.29 is 17.9 Å². The lowest BCUT2D eigenvalue weighted by Crippen LogP contribution is -2.49. The van der Waals surface area contributed by atoms with E-state index in [-0.39, 0.29) is 18.6 Å². The minimum absolute atomic E-state index is 0.0925. The van der Waals surface area contributed by atoms with Crippen LogP contribution in [0.25, 0.3) is 0 Å². The molecule has 1 atom stereocenters. The van der Waals surface area contributed by atoms with Crippen molar-refractivity contribution in [2.75, 3.05) is 32.5 Å². The summed E-state index contributed by atoms with van der Waals surface area (Å²) in [6.45, 7) is 5.21. The van der Waals surface area contributed by atoms with E-state index in [0.717, 1.165) is 17.0 Å². The molecular formula is C14H24N4O4S. The van der Waals surface area contributed by atoms with Crippen molar-refractivity contribution in [2.45, 2.75) is 32.8 Å². The van der Waals surface area contributed by atoms with Crippen molar-refractivity contribution in [1.82, 2.24) is 19.8 Å². The van der Waals surface area contributed by atoms with Gasteiger partial charge in [-0.1, -0.05) is 0 Å². The lowest BCUT2D eigenvalue weighted by Gasteiger charge is -2.31. The molecule has 0 saturated carbocycles. The molecule has 9 heteroatoms. The first-order chi connectivity index (χ1) is 10.8. The number of amides is 1. The summed E-state index contributed by atoms with van der Waals surface area (Å²) >= 11 is 0. The number of morpholine rings is 1. The third kappa shape index (κ3) is 5.02. The number of hydrogen-bond acceptors (Lipinski definition) is 5. The molecule has 1 fully saturated rings. The van der Waals surface area contributed by atoms with E-state index in [1.807, 2.05) is 13.8 Å². The number of ether oxygens (including phenoxy) is 1. The Morgan fingerprint density at radius 3 is 2.83 bits per heavy atom. The summed E-state index contributed by atoms with van der Waals surface area (Å²) in [5.41, 5.74) is 2.99. The first-order valence-electron chi connectivity index (χ1n) is 7.61. The summed E-state index contributed by atoms with van der Waals surface area (Å²) in [6.07, 6.45) is 1.79. The van der Waals surface area contributed by atoms with Gasteiger partial charge in [-0.2, -0.15) is 9.40 Å². The lowest BCUT2D eigenvalue weighted by atomic mass is 10.1. The molecule has 0 bridgehead atoms. The molecule has 1 aliphatic rings. The van der Waals surface area contributed by atoms with Gasteiger partial charge in [-0.05, 0) is 19.4 Å². The molecule has 0 spiro atoms. The average Bonchev–Trinajstić information content (AvgIpc) is 2.82. The van der Waals surface area contributed by atoms with Crippen molar-refractivity contribution in [3.8, 4) is 0 Å². The van der Waals surface area contributed by atoms with Gasteiger partial charge >= 0.3 is 0 Å². The predicted octanol–water partition coefficient (Wildman–Crippen LogP) is -0.264. The molecule has 0 unspecified atom stereocenters. The van der Waals surface area contributed by atoms with Crippen molar-refractivity contribution in [2.24, 2.45) is 0 Å². The number of nitrogens with zero attached hydrogens (tertiary/aromatic N) is 2. The van der Waals surface area contributed by atoms with Crippen LogP contribution in [0.3, 0.4) is 0 Å². The van der Waals surface area contributed by atoms with Gasteiger partial charge < -0.3 is 10.1 Å². The number of carbonyl (C=O) groups excluding carboxylic acids is 1. The molecule has 2 heterocycles. The highest BCUT2D eigenvalue weighted by Gasteiger charge is 2.26. The molecule has 1 aliphatic heterocycles. The standard InChI is InChI=1S/C14H24N4O4S/c1-10-11(2)16-17-13(10)4-5-14(19)15-8-12-9-18(6-7-22-12)23(3,20)21/h12H,4-9H2,1-3H3,(H,15,19)(H,16,17)/t12-/m1/s1. The van der Waals surface area contributed by atoms with Crippen LogP contribution in [0.4, 0.5) is 0 Å². The summed E-state index contributed by atoms with van der Waals surface area (Å²) in [4.78, 5) is 11.9. The van der Waals surface area contributed by atoms with E-state index >= 15 is 0 Å². The van der Waals surface area contributed by atoms with Gasteiger partial charge in [0.2, 0.25) is 15.9 Å². The molecule has 0 aliphatic carbocycles. The van der Waals surface area contributed by atoms with Crippen LogP contribution in [0.15, 0.2) is 0 Å². The van der Waals surface area contributed by atoms with E-state index in [9.17, 15) is 13.2 Å². The smallest absolute Gasteiger partial charge is 0.220 e. The molecule has 1 saturated heterocycles. The summed E-state index contributed by atoms with van der Waals surface area (Å²) in [5.74, 6) is -0.0925. The quantitative estimate of drug-likeness (QED) is 0.740. The minimum Gasteiger partial charge on any atom is -0.374 e. The molecule has 2 N–H and O–H groups in total. The zero-order chi connectivity index (χ0) is 17.0. The number of aromatic nitrogens is 2. The van der Waals surface area contributed by atoms with Crippen LogP contribution in [0, 0.1) is 13.8 Å². The number of sulfonamides is 1. The second kappa shape index (κ2) is 7.41. The van der Waals surface area contributed by atoms with Crippen molar-refractivity contribution >= 4 is 15.9 Å². The maximum atomic E-state index is 11.9. The molecule has 2 rings (SSSR count). The minimum atomic E-state index is -3.22. The first-order valence-corrected chi connectivity index (χ1v) is 9.46. The highest BCUT2D eigenvalue weighted by Crippen LogP contribution is 2.11. The van der Waals surface area contributed by atoms with E-state index in [4.69, 9.17) is 4.74 Å². The fraction of sp³-hybridized carbons (Fsp3) is 0.714. The fourth-order valence-electron chi connectivity index (χ4n) is 2.44. The Labute approximate surface area is 136 Å². The van der Waals surface area contributed by atoms with Crippen LogP contribution in [-0.2, 0) is 26.0 Å². The zero-order valence-corrected chi connectivity index (χ0v) is 14.6. The Morgan fingerprint density at radius 1 is 1.48 bits per heavy atom. The SMILES string of the molecule is Cc1[nH]nc(CCC(=O)NC[C@@H]2CN(S(C)(=O)=O)CCO2)c1C. The second-order valence-corrected chi connectivity index (χ2v) is 7.82. The Morgan fingerprint density at radius 2 is 2.22 bits per heavy atom. The van der Waals surface area contributed by atoms with Crippen LogP contribution in [-0.4, -0.2) is 67.4 Å². The number of rotatable bonds is 6. The van der Waals surface area contributed by atoms with E-state index in [0.29, 0.717) is 32.5 Å². The fourth-order valence-corrected chi connectivity index (χ4v) is 3.29. The third-order valence-electron chi connectivity index (χ3n) is 4.04. The monoisotopic (exact) mass is 344 g/mol. The Balaban J connectivity index is 1.75. The highest BCUT2D eigenvalue weighted by atomic mass is 32.2. The van der Waals surface area contributed by atoms with Gasteiger partial charge in [0.15, 0.2) is 0 Å². The molecule has 1 amide bonds. The summed E-state index contributed by atoms with van der Waals surface area (Å²) in [7, 11) is -3.22. The van der Waals surface area contributed by atoms with E-state index < -0.39 is 10.0 Å². The second-order valence-electron chi connectivity index (χ2n) is 5.84. The number of aromatic amines is 1. The number of H-pyrrole nitrogens is 1. The molecule has 8 nitrogen and oxygen atoms in total. The Kier molecular flexibility index (Phi) is 5.77. The molecule has 130 valence electrons. The van der Waals surface area contributed by atoms with Crippen molar-refractivity contribution in [1.29, 1.82) is 0 Å². The van der Waals surface area contributed by atoms with Gasteiger partial charge in [0.1, 0.15) is 0 Å². The maximum absolute atomic E-state index is 11.9. The van der Waals surface area contributed by atoms with E-state index in [1.165, 1.54) is 10.6 Å².